The second-order valence-corrected chi connectivity index (χ2v) is 4.01. The van der Waals surface area contributed by atoms with Gasteiger partial charge in [-0.1, -0.05) is 5.92 Å². The van der Waals surface area contributed by atoms with Crippen molar-refractivity contribution in [3.05, 3.63) is 17.0 Å². The Morgan fingerprint density at radius 2 is 1.86 bits per heavy atom. The minimum Gasteiger partial charge on any atom is -0.267 e. The van der Waals surface area contributed by atoms with E-state index in [4.69, 9.17) is 6.42 Å². The van der Waals surface area contributed by atoms with E-state index >= 15 is 0 Å². The summed E-state index contributed by atoms with van der Waals surface area (Å²) in [6.45, 7) is 10.4. The summed E-state index contributed by atoms with van der Waals surface area (Å²) < 4.78 is 2.04. The second-order valence-electron chi connectivity index (χ2n) is 4.01. The number of nitrogens with zero attached hydrogens (tertiary/aromatic N) is 2. The zero-order valence-corrected chi connectivity index (χ0v) is 9.63. The summed E-state index contributed by atoms with van der Waals surface area (Å²) in [6, 6.07) is 0.396. The van der Waals surface area contributed by atoms with Crippen molar-refractivity contribution in [2.75, 3.05) is 0 Å². The molecular weight excluding hydrogens is 172 g/mol. The SMILES string of the molecule is C#CC(C)c1c(C)nn(C(C)C)c1C. The molecule has 2 nitrogen and oxygen atoms in total. The van der Waals surface area contributed by atoms with Crippen molar-refractivity contribution in [3.63, 3.8) is 0 Å². The third kappa shape index (κ3) is 1.68. The van der Waals surface area contributed by atoms with E-state index in [1.54, 1.807) is 0 Å². The standard InChI is InChI=1S/C12H18N2/c1-7-9(4)12-10(5)13-14(8(2)3)11(12)6/h1,8-9H,2-6H3. The summed E-state index contributed by atoms with van der Waals surface area (Å²) >= 11 is 0. The van der Waals surface area contributed by atoms with Gasteiger partial charge in [0.2, 0.25) is 0 Å². The molecule has 14 heavy (non-hydrogen) atoms. The lowest BCUT2D eigenvalue weighted by Crippen LogP contribution is -2.05. The van der Waals surface area contributed by atoms with Crippen molar-refractivity contribution >= 4 is 0 Å². The number of aryl methyl sites for hydroxylation is 1. The van der Waals surface area contributed by atoms with Crippen LogP contribution in [-0.2, 0) is 0 Å². The molecule has 1 heterocycles. The Morgan fingerprint density at radius 3 is 2.21 bits per heavy atom. The molecule has 0 radical (unpaired) electrons. The highest BCUT2D eigenvalue weighted by Gasteiger charge is 2.16. The third-order valence-corrected chi connectivity index (χ3v) is 2.55. The van der Waals surface area contributed by atoms with Crippen molar-refractivity contribution in [1.29, 1.82) is 0 Å². The van der Waals surface area contributed by atoms with Crippen molar-refractivity contribution in [2.45, 2.75) is 46.6 Å². The van der Waals surface area contributed by atoms with Crippen molar-refractivity contribution in [2.24, 2.45) is 0 Å². The van der Waals surface area contributed by atoms with Gasteiger partial charge in [0.25, 0.3) is 0 Å². The molecule has 0 aromatic carbocycles. The molecule has 1 rings (SSSR count). The predicted octanol–water partition coefficient (Wildman–Crippen LogP) is 2.82. The van der Waals surface area contributed by atoms with Crippen LogP contribution in [0.1, 0.15) is 49.7 Å². The zero-order valence-electron chi connectivity index (χ0n) is 9.63. The van der Waals surface area contributed by atoms with Crippen molar-refractivity contribution in [3.8, 4) is 12.3 Å². The molecule has 1 unspecified atom stereocenters. The van der Waals surface area contributed by atoms with Gasteiger partial charge < -0.3 is 0 Å². The summed E-state index contributed by atoms with van der Waals surface area (Å²) in [7, 11) is 0. The molecule has 1 atom stereocenters. The molecule has 0 amide bonds. The lowest BCUT2D eigenvalue weighted by Gasteiger charge is -2.09. The first-order chi connectivity index (χ1) is 6.49. The summed E-state index contributed by atoms with van der Waals surface area (Å²) in [5.41, 5.74) is 3.46. The molecule has 1 aromatic heterocycles. The highest BCUT2D eigenvalue weighted by atomic mass is 15.3. The van der Waals surface area contributed by atoms with Crippen LogP contribution in [-0.4, -0.2) is 9.78 Å². The molecule has 0 bridgehead atoms. The molecule has 0 N–H and O–H groups in total. The van der Waals surface area contributed by atoms with Gasteiger partial charge in [-0.3, -0.25) is 4.68 Å². The van der Waals surface area contributed by atoms with Crippen molar-refractivity contribution in [1.82, 2.24) is 9.78 Å². The number of rotatable bonds is 2. The van der Waals surface area contributed by atoms with E-state index in [-0.39, 0.29) is 5.92 Å². The van der Waals surface area contributed by atoms with Crippen LogP contribution in [0.4, 0.5) is 0 Å². The van der Waals surface area contributed by atoms with Gasteiger partial charge in [0.1, 0.15) is 0 Å². The minimum absolute atomic E-state index is 0.155. The van der Waals surface area contributed by atoms with Crippen LogP contribution in [0, 0.1) is 26.2 Å². The van der Waals surface area contributed by atoms with E-state index in [0.717, 1.165) is 5.69 Å². The minimum atomic E-state index is 0.155. The van der Waals surface area contributed by atoms with E-state index in [1.165, 1.54) is 11.3 Å². The van der Waals surface area contributed by atoms with Gasteiger partial charge in [0.05, 0.1) is 5.69 Å². The van der Waals surface area contributed by atoms with Gasteiger partial charge in [-0.05, 0) is 34.6 Å². The van der Waals surface area contributed by atoms with Crippen LogP contribution in [0.15, 0.2) is 0 Å². The zero-order chi connectivity index (χ0) is 10.9. The summed E-state index contributed by atoms with van der Waals surface area (Å²) in [6.07, 6.45) is 5.44. The first-order valence-electron chi connectivity index (χ1n) is 5.00. The molecule has 0 spiro atoms. The Hall–Kier alpha value is -1.23. The Balaban J connectivity index is 3.26. The van der Waals surface area contributed by atoms with Gasteiger partial charge in [-0.2, -0.15) is 5.10 Å². The molecule has 0 aliphatic heterocycles. The van der Waals surface area contributed by atoms with E-state index in [0.29, 0.717) is 6.04 Å². The molecular formula is C12H18N2. The molecule has 0 saturated heterocycles. The Labute approximate surface area is 86.3 Å². The average molecular weight is 190 g/mol. The predicted molar refractivity (Wildman–Crippen MR) is 59.3 cm³/mol. The molecule has 0 fully saturated rings. The van der Waals surface area contributed by atoms with Crippen LogP contribution < -0.4 is 0 Å². The largest absolute Gasteiger partial charge is 0.267 e. The highest BCUT2D eigenvalue weighted by Crippen LogP contribution is 2.24. The Kier molecular flexibility index (Phi) is 3.00. The first-order valence-corrected chi connectivity index (χ1v) is 5.00. The molecule has 0 aliphatic carbocycles. The lowest BCUT2D eigenvalue weighted by atomic mass is 10.0. The summed E-state index contributed by atoms with van der Waals surface area (Å²) in [4.78, 5) is 0. The van der Waals surface area contributed by atoms with Gasteiger partial charge in [0, 0.05) is 23.2 Å². The van der Waals surface area contributed by atoms with Crippen LogP contribution in [0.2, 0.25) is 0 Å². The normalized spacial score (nSPS) is 12.9. The van der Waals surface area contributed by atoms with Crippen molar-refractivity contribution < 1.29 is 0 Å². The van der Waals surface area contributed by atoms with Crippen LogP contribution in [0.25, 0.3) is 0 Å². The van der Waals surface area contributed by atoms with Gasteiger partial charge in [-0.15, -0.1) is 6.42 Å². The van der Waals surface area contributed by atoms with E-state index in [1.807, 2.05) is 18.5 Å². The van der Waals surface area contributed by atoms with Gasteiger partial charge in [-0.25, -0.2) is 0 Å². The fraction of sp³-hybridized carbons (Fsp3) is 0.583. The first kappa shape index (κ1) is 10.8. The van der Waals surface area contributed by atoms with E-state index in [9.17, 15) is 0 Å². The fourth-order valence-electron chi connectivity index (χ4n) is 1.89. The molecule has 0 saturated carbocycles. The maximum absolute atomic E-state index is 5.44. The van der Waals surface area contributed by atoms with Crippen LogP contribution in [0.3, 0.4) is 0 Å². The summed E-state index contributed by atoms with van der Waals surface area (Å²) in [5.74, 6) is 2.92. The van der Waals surface area contributed by atoms with E-state index < -0.39 is 0 Å². The molecule has 1 aromatic rings. The number of aromatic nitrogens is 2. The smallest absolute Gasteiger partial charge is 0.0641 e. The maximum Gasteiger partial charge on any atom is 0.0641 e. The number of terminal acetylenes is 1. The highest BCUT2D eigenvalue weighted by molar-refractivity contribution is 5.33. The molecule has 0 aliphatic rings. The van der Waals surface area contributed by atoms with Gasteiger partial charge in [0.15, 0.2) is 0 Å². The van der Waals surface area contributed by atoms with Gasteiger partial charge >= 0.3 is 0 Å². The topological polar surface area (TPSA) is 17.8 Å². The monoisotopic (exact) mass is 190 g/mol. The molecule has 76 valence electrons. The fourth-order valence-corrected chi connectivity index (χ4v) is 1.89. The van der Waals surface area contributed by atoms with Crippen LogP contribution >= 0.6 is 0 Å². The number of hydrogen-bond donors (Lipinski definition) is 0. The Morgan fingerprint density at radius 1 is 1.29 bits per heavy atom. The van der Waals surface area contributed by atoms with E-state index in [2.05, 4.69) is 31.8 Å². The quantitative estimate of drug-likeness (QED) is 0.656. The maximum atomic E-state index is 5.44. The third-order valence-electron chi connectivity index (χ3n) is 2.55. The number of hydrogen-bond acceptors (Lipinski definition) is 1. The summed E-state index contributed by atoms with van der Waals surface area (Å²) in [5, 5.41) is 4.50. The lowest BCUT2D eigenvalue weighted by molar-refractivity contribution is 0.515. The van der Waals surface area contributed by atoms with Crippen LogP contribution in [0.5, 0.6) is 0 Å². The molecule has 2 heteroatoms. The second kappa shape index (κ2) is 3.88. The Bertz CT molecular complexity index is 366. The average Bonchev–Trinajstić information content (AvgIpc) is 2.41.